The Labute approximate surface area is 185 Å². The number of furan rings is 1. The molecular weight excluding hydrogens is 437 g/mol. The number of aromatic nitrogens is 1. The third kappa shape index (κ3) is 5.59. The Morgan fingerprint density at radius 3 is 2.68 bits per heavy atom. The molecule has 2 amide bonds. The summed E-state index contributed by atoms with van der Waals surface area (Å²) < 4.78 is 18.1. The Hall–Kier alpha value is -3.43. The molecule has 0 aliphatic rings. The number of hydrogen-bond acceptors (Lipinski definition) is 6. The predicted octanol–water partition coefficient (Wildman–Crippen LogP) is 5.53. The van der Waals surface area contributed by atoms with Crippen LogP contribution >= 0.6 is 23.1 Å². The van der Waals surface area contributed by atoms with Gasteiger partial charge >= 0.3 is 0 Å². The molecule has 2 N–H and O–H groups in total. The molecule has 2 aromatic carbocycles. The highest BCUT2D eigenvalue weighted by Gasteiger charge is 2.11. The van der Waals surface area contributed by atoms with E-state index in [1.165, 1.54) is 41.5 Å². The zero-order valence-corrected chi connectivity index (χ0v) is 17.6. The maximum absolute atomic E-state index is 13.1. The largest absolute Gasteiger partial charge is 0.459 e. The van der Waals surface area contributed by atoms with Gasteiger partial charge in [0.2, 0.25) is 5.91 Å². The highest BCUT2D eigenvalue weighted by molar-refractivity contribution is 8.00. The standard InChI is InChI=1S/C22H16FN3O3S2/c23-15-8-6-14(7-9-15)18-12-31-22(25-18)26-20(27)13-30-17-4-1-3-16(11-17)24-21(28)19-5-2-10-29-19/h1-12H,13H2,(H,24,28)(H,25,26,27). The molecule has 2 heterocycles. The van der Waals surface area contributed by atoms with Crippen molar-refractivity contribution >= 4 is 45.7 Å². The van der Waals surface area contributed by atoms with Crippen LogP contribution in [0.4, 0.5) is 15.2 Å². The first-order chi connectivity index (χ1) is 15.1. The van der Waals surface area contributed by atoms with Crippen LogP contribution in [0.15, 0.2) is 81.6 Å². The van der Waals surface area contributed by atoms with Crippen molar-refractivity contribution in [1.29, 1.82) is 0 Å². The number of nitrogens with zero attached hydrogens (tertiary/aromatic N) is 1. The van der Waals surface area contributed by atoms with Gasteiger partial charge in [-0.05, 0) is 54.6 Å². The number of halogens is 1. The molecule has 31 heavy (non-hydrogen) atoms. The number of rotatable bonds is 7. The molecule has 0 unspecified atom stereocenters. The van der Waals surface area contributed by atoms with Crippen LogP contribution < -0.4 is 10.6 Å². The Kier molecular flexibility index (Phi) is 6.44. The lowest BCUT2D eigenvalue weighted by Gasteiger charge is -2.06. The molecule has 6 nitrogen and oxygen atoms in total. The summed E-state index contributed by atoms with van der Waals surface area (Å²) in [6.07, 6.45) is 1.44. The van der Waals surface area contributed by atoms with Crippen LogP contribution in [0.25, 0.3) is 11.3 Å². The molecule has 9 heteroatoms. The molecule has 4 rings (SSSR count). The van der Waals surface area contributed by atoms with Gasteiger partial charge in [0.1, 0.15) is 5.82 Å². The summed E-state index contributed by atoms with van der Waals surface area (Å²) in [5.41, 5.74) is 2.06. The van der Waals surface area contributed by atoms with Crippen molar-refractivity contribution in [3.8, 4) is 11.3 Å². The van der Waals surface area contributed by atoms with E-state index in [0.717, 1.165) is 10.5 Å². The van der Waals surface area contributed by atoms with Crippen molar-refractivity contribution in [3.05, 3.63) is 83.9 Å². The van der Waals surface area contributed by atoms with Crippen LogP contribution in [-0.2, 0) is 4.79 Å². The first kappa shape index (κ1) is 20.8. The maximum Gasteiger partial charge on any atom is 0.291 e. The number of nitrogens with one attached hydrogen (secondary N) is 2. The third-order valence-electron chi connectivity index (χ3n) is 4.10. The Morgan fingerprint density at radius 2 is 1.90 bits per heavy atom. The number of thiazole rings is 1. The lowest BCUT2D eigenvalue weighted by Crippen LogP contribution is -2.14. The minimum absolute atomic E-state index is 0.182. The molecule has 0 saturated carbocycles. The van der Waals surface area contributed by atoms with E-state index in [1.54, 1.807) is 47.8 Å². The van der Waals surface area contributed by atoms with Gasteiger partial charge in [-0.2, -0.15) is 0 Å². The summed E-state index contributed by atoms with van der Waals surface area (Å²) in [5.74, 6) is -0.447. The number of carbonyl (C=O) groups excluding carboxylic acids is 2. The molecule has 156 valence electrons. The van der Waals surface area contributed by atoms with E-state index < -0.39 is 0 Å². The van der Waals surface area contributed by atoms with Gasteiger partial charge in [0.05, 0.1) is 17.7 Å². The van der Waals surface area contributed by atoms with Crippen LogP contribution in [0.5, 0.6) is 0 Å². The fourth-order valence-corrected chi connectivity index (χ4v) is 4.14. The summed E-state index contributed by atoms with van der Waals surface area (Å²) in [6.45, 7) is 0. The number of carbonyl (C=O) groups is 2. The molecule has 0 saturated heterocycles. The lowest BCUT2D eigenvalue weighted by molar-refractivity contribution is -0.113. The summed E-state index contributed by atoms with van der Waals surface area (Å²) >= 11 is 2.64. The molecule has 0 bridgehead atoms. The molecule has 2 aromatic heterocycles. The minimum atomic E-state index is -0.342. The summed E-state index contributed by atoms with van der Waals surface area (Å²) in [6, 6.07) is 16.5. The fourth-order valence-electron chi connectivity index (χ4n) is 2.65. The number of anilines is 2. The normalized spacial score (nSPS) is 10.6. The van der Waals surface area contributed by atoms with E-state index in [2.05, 4.69) is 15.6 Å². The molecule has 0 aliphatic heterocycles. The van der Waals surface area contributed by atoms with Crippen molar-refractivity contribution in [2.75, 3.05) is 16.4 Å². The number of thioether (sulfide) groups is 1. The van der Waals surface area contributed by atoms with Crippen molar-refractivity contribution < 1.29 is 18.4 Å². The second-order valence-electron chi connectivity index (χ2n) is 6.34. The zero-order valence-electron chi connectivity index (χ0n) is 16.0. The van der Waals surface area contributed by atoms with Gasteiger partial charge in [0, 0.05) is 21.5 Å². The zero-order chi connectivity index (χ0) is 21.6. The van der Waals surface area contributed by atoms with Crippen LogP contribution in [-0.4, -0.2) is 22.6 Å². The van der Waals surface area contributed by atoms with Crippen LogP contribution in [0, 0.1) is 5.82 Å². The van der Waals surface area contributed by atoms with E-state index >= 15 is 0 Å². The predicted molar refractivity (Wildman–Crippen MR) is 120 cm³/mol. The van der Waals surface area contributed by atoms with E-state index in [4.69, 9.17) is 4.42 Å². The smallest absolute Gasteiger partial charge is 0.291 e. The Balaban J connectivity index is 1.31. The maximum atomic E-state index is 13.1. The average Bonchev–Trinajstić information content (AvgIpc) is 3.46. The fraction of sp³-hybridized carbons (Fsp3) is 0.0455. The summed E-state index contributed by atoms with van der Waals surface area (Å²) in [4.78, 5) is 29.6. The Morgan fingerprint density at radius 1 is 1.06 bits per heavy atom. The van der Waals surface area contributed by atoms with Crippen molar-refractivity contribution in [2.45, 2.75) is 4.90 Å². The monoisotopic (exact) mass is 453 g/mol. The number of hydrogen-bond donors (Lipinski definition) is 2. The molecular formula is C22H16FN3O3S2. The van der Waals surface area contributed by atoms with Crippen LogP contribution in [0.3, 0.4) is 0 Å². The topological polar surface area (TPSA) is 84.2 Å². The Bertz CT molecular complexity index is 1190. The van der Waals surface area contributed by atoms with Crippen LogP contribution in [0.1, 0.15) is 10.6 Å². The molecule has 0 aliphatic carbocycles. The van der Waals surface area contributed by atoms with Gasteiger partial charge in [0.25, 0.3) is 5.91 Å². The summed E-state index contributed by atoms with van der Waals surface area (Å²) in [7, 11) is 0. The molecule has 0 spiro atoms. The van der Waals surface area contributed by atoms with E-state index in [9.17, 15) is 14.0 Å². The third-order valence-corrected chi connectivity index (χ3v) is 5.85. The average molecular weight is 454 g/mol. The van der Waals surface area contributed by atoms with Gasteiger partial charge in [-0.15, -0.1) is 23.1 Å². The molecule has 4 aromatic rings. The van der Waals surface area contributed by atoms with Gasteiger partial charge in [-0.3, -0.25) is 9.59 Å². The quantitative estimate of drug-likeness (QED) is 0.360. The van der Waals surface area contributed by atoms with Gasteiger partial charge in [-0.25, -0.2) is 9.37 Å². The lowest BCUT2D eigenvalue weighted by atomic mass is 10.2. The highest BCUT2D eigenvalue weighted by atomic mass is 32.2. The number of benzene rings is 2. The van der Waals surface area contributed by atoms with Crippen molar-refractivity contribution in [2.24, 2.45) is 0 Å². The minimum Gasteiger partial charge on any atom is -0.459 e. The van der Waals surface area contributed by atoms with Crippen molar-refractivity contribution in [1.82, 2.24) is 4.98 Å². The van der Waals surface area contributed by atoms with Gasteiger partial charge in [-0.1, -0.05) is 6.07 Å². The van der Waals surface area contributed by atoms with Gasteiger partial charge in [0.15, 0.2) is 10.9 Å². The molecule has 0 radical (unpaired) electrons. The van der Waals surface area contributed by atoms with Crippen molar-refractivity contribution in [3.63, 3.8) is 0 Å². The van der Waals surface area contributed by atoms with Gasteiger partial charge < -0.3 is 15.1 Å². The van der Waals surface area contributed by atoms with E-state index in [0.29, 0.717) is 16.5 Å². The number of amides is 2. The molecule has 0 fully saturated rings. The first-order valence-corrected chi connectivity index (χ1v) is 11.0. The van der Waals surface area contributed by atoms with E-state index in [1.807, 2.05) is 6.07 Å². The second kappa shape index (κ2) is 9.59. The second-order valence-corrected chi connectivity index (χ2v) is 8.25. The summed E-state index contributed by atoms with van der Waals surface area (Å²) in [5, 5.41) is 7.81. The van der Waals surface area contributed by atoms with Crippen LogP contribution in [0.2, 0.25) is 0 Å². The first-order valence-electron chi connectivity index (χ1n) is 9.16. The highest BCUT2D eigenvalue weighted by Crippen LogP contribution is 2.26. The molecule has 0 atom stereocenters. The van der Waals surface area contributed by atoms with E-state index in [-0.39, 0.29) is 29.1 Å². The SMILES string of the molecule is O=C(CSc1cccc(NC(=O)c2ccco2)c1)Nc1nc(-c2ccc(F)cc2)cs1.